The van der Waals surface area contributed by atoms with Crippen molar-refractivity contribution in [3.05, 3.63) is 98.9 Å². The Morgan fingerprint density at radius 1 is 0.821 bits per heavy atom. The van der Waals surface area contributed by atoms with Gasteiger partial charge in [0, 0.05) is 26.7 Å². The number of carbonyl (C=O) groups is 1. The molecular weight excluding hydrogens is 397 g/mol. The Kier molecular flexibility index (Phi) is 4.67. The number of benzene rings is 3. The fourth-order valence-corrected chi connectivity index (χ4v) is 3.61. The number of aromatic carboxylic acids is 1. The minimum absolute atomic E-state index is 0.131. The number of pyridine rings is 1. The summed E-state index contributed by atoms with van der Waals surface area (Å²) in [6, 6.07) is 20.4. The lowest BCUT2D eigenvalue weighted by Crippen LogP contribution is -2.26. The minimum atomic E-state index is -1.22. The number of carboxylic acids is 1. The molecule has 0 saturated carbocycles. The van der Waals surface area contributed by atoms with E-state index in [0.29, 0.717) is 37.6 Å². The maximum atomic E-state index is 13.3. The molecular formula is C22H13Cl2NO3. The van der Waals surface area contributed by atoms with E-state index >= 15 is 0 Å². The first-order valence-corrected chi connectivity index (χ1v) is 9.16. The number of hydrogen-bond acceptors (Lipinski definition) is 2. The largest absolute Gasteiger partial charge is 0.477 e. The summed E-state index contributed by atoms with van der Waals surface area (Å²) in [6.45, 7) is 0. The molecule has 0 bridgehead atoms. The second kappa shape index (κ2) is 7.15. The lowest BCUT2D eigenvalue weighted by atomic mass is 9.96. The van der Waals surface area contributed by atoms with Crippen LogP contribution in [0.2, 0.25) is 10.0 Å². The van der Waals surface area contributed by atoms with Crippen molar-refractivity contribution in [1.82, 2.24) is 4.57 Å². The Bertz CT molecular complexity index is 1260. The second-order valence-electron chi connectivity index (χ2n) is 6.20. The molecule has 0 aliphatic heterocycles. The molecule has 3 aromatic carbocycles. The van der Waals surface area contributed by atoms with E-state index in [1.54, 1.807) is 54.6 Å². The highest BCUT2D eigenvalue weighted by Crippen LogP contribution is 2.33. The lowest BCUT2D eigenvalue weighted by molar-refractivity contribution is 0.0688. The van der Waals surface area contributed by atoms with E-state index < -0.39 is 11.5 Å². The Labute approximate surface area is 170 Å². The number of rotatable bonds is 3. The van der Waals surface area contributed by atoms with E-state index in [1.165, 1.54) is 4.57 Å². The van der Waals surface area contributed by atoms with Crippen LogP contribution in [0.5, 0.6) is 0 Å². The average molecular weight is 410 g/mol. The van der Waals surface area contributed by atoms with Crippen LogP contribution in [0, 0.1) is 0 Å². The molecule has 4 nitrogen and oxygen atoms in total. The fraction of sp³-hybridized carbons (Fsp3) is 0. The molecule has 0 spiro atoms. The first-order chi connectivity index (χ1) is 13.5. The molecule has 138 valence electrons. The zero-order chi connectivity index (χ0) is 19.8. The first kappa shape index (κ1) is 18.3. The summed E-state index contributed by atoms with van der Waals surface area (Å²) in [5.41, 5.74) is 0.954. The van der Waals surface area contributed by atoms with Crippen molar-refractivity contribution < 1.29 is 9.90 Å². The summed E-state index contributed by atoms with van der Waals surface area (Å²) in [5, 5.41) is 11.8. The van der Waals surface area contributed by atoms with Crippen molar-refractivity contribution in [2.45, 2.75) is 0 Å². The summed E-state index contributed by atoms with van der Waals surface area (Å²) in [7, 11) is 0. The van der Waals surface area contributed by atoms with Gasteiger partial charge in [-0.15, -0.1) is 0 Å². The highest BCUT2D eigenvalue weighted by atomic mass is 35.5. The Balaban J connectivity index is 2.25. The molecule has 0 aliphatic carbocycles. The molecule has 0 amide bonds. The quantitative estimate of drug-likeness (QED) is 0.474. The standard InChI is InChI=1S/C22H13Cl2NO3/c23-14-6-9-16(10-7-14)25-20(22(27)28)19(13-4-2-1-3-5-13)18-12-15(24)8-11-17(18)21(25)26/h1-12H,(H,27,28). The summed E-state index contributed by atoms with van der Waals surface area (Å²) in [5.74, 6) is -1.22. The molecule has 0 unspecified atom stereocenters. The van der Waals surface area contributed by atoms with E-state index in [0.717, 1.165) is 0 Å². The number of hydrogen-bond donors (Lipinski definition) is 1. The van der Waals surface area contributed by atoms with E-state index in [4.69, 9.17) is 23.2 Å². The molecule has 0 radical (unpaired) electrons. The van der Waals surface area contributed by atoms with Crippen LogP contribution in [0.3, 0.4) is 0 Å². The van der Waals surface area contributed by atoms with Gasteiger partial charge in [-0.3, -0.25) is 9.36 Å². The second-order valence-corrected chi connectivity index (χ2v) is 7.07. The van der Waals surface area contributed by atoms with Crippen molar-refractivity contribution in [2.75, 3.05) is 0 Å². The van der Waals surface area contributed by atoms with Crippen LogP contribution in [-0.2, 0) is 0 Å². The predicted octanol–water partition coefficient (Wildman–Crippen LogP) is 5.66. The van der Waals surface area contributed by atoms with E-state index in [9.17, 15) is 14.7 Å². The van der Waals surface area contributed by atoms with Crippen molar-refractivity contribution in [1.29, 1.82) is 0 Å². The van der Waals surface area contributed by atoms with Gasteiger partial charge in [0.1, 0.15) is 5.69 Å². The van der Waals surface area contributed by atoms with Gasteiger partial charge in [0.15, 0.2) is 0 Å². The molecule has 1 N–H and O–H groups in total. The topological polar surface area (TPSA) is 59.3 Å². The summed E-state index contributed by atoms with van der Waals surface area (Å²) < 4.78 is 1.21. The Morgan fingerprint density at radius 2 is 1.46 bits per heavy atom. The van der Waals surface area contributed by atoms with Gasteiger partial charge < -0.3 is 5.11 Å². The highest BCUT2D eigenvalue weighted by molar-refractivity contribution is 6.31. The number of carboxylic acid groups (broad SMARTS) is 1. The van der Waals surface area contributed by atoms with Crippen LogP contribution in [0.4, 0.5) is 0 Å². The average Bonchev–Trinajstić information content (AvgIpc) is 2.69. The third kappa shape index (κ3) is 3.07. The van der Waals surface area contributed by atoms with Crippen molar-refractivity contribution in [2.24, 2.45) is 0 Å². The molecule has 0 atom stereocenters. The first-order valence-electron chi connectivity index (χ1n) is 8.40. The highest BCUT2D eigenvalue weighted by Gasteiger charge is 2.24. The Morgan fingerprint density at radius 3 is 2.11 bits per heavy atom. The smallest absolute Gasteiger partial charge is 0.353 e. The van der Waals surface area contributed by atoms with Gasteiger partial charge in [-0.2, -0.15) is 0 Å². The van der Waals surface area contributed by atoms with E-state index in [-0.39, 0.29) is 5.69 Å². The van der Waals surface area contributed by atoms with Gasteiger partial charge in [-0.05, 0) is 53.4 Å². The zero-order valence-electron chi connectivity index (χ0n) is 14.4. The number of halogens is 2. The van der Waals surface area contributed by atoms with Gasteiger partial charge in [0.25, 0.3) is 5.56 Å². The van der Waals surface area contributed by atoms with Crippen LogP contribution < -0.4 is 5.56 Å². The van der Waals surface area contributed by atoms with Gasteiger partial charge in [0.05, 0.1) is 0 Å². The number of fused-ring (bicyclic) bond motifs is 1. The van der Waals surface area contributed by atoms with Crippen LogP contribution >= 0.6 is 23.2 Å². The molecule has 4 aromatic rings. The Hall–Kier alpha value is -3.08. The van der Waals surface area contributed by atoms with Crippen LogP contribution in [0.15, 0.2) is 77.6 Å². The summed E-state index contributed by atoms with van der Waals surface area (Å²) >= 11 is 12.1. The third-order valence-electron chi connectivity index (χ3n) is 4.49. The fourth-order valence-electron chi connectivity index (χ4n) is 3.31. The lowest BCUT2D eigenvalue weighted by Gasteiger charge is -2.18. The molecule has 0 fully saturated rings. The third-order valence-corrected chi connectivity index (χ3v) is 4.98. The van der Waals surface area contributed by atoms with Crippen LogP contribution in [0.1, 0.15) is 10.5 Å². The normalized spacial score (nSPS) is 10.9. The predicted molar refractivity (Wildman–Crippen MR) is 112 cm³/mol. The molecule has 28 heavy (non-hydrogen) atoms. The van der Waals surface area contributed by atoms with Crippen LogP contribution in [-0.4, -0.2) is 15.6 Å². The maximum Gasteiger partial charge on any atom is 0.353 e. The van der Waals surface area contributed by atoms with Gasteiger partial charge in [-0.1, -0.05) is 53.5 Å². The summed E-state index contributed by atoms with van der Waals surface area (Å²) in [4.78, 5) is 25.6. The van der Waals surface area contributed by atoms with E-state index in [1.807, 2.05) is 18.2 Å². The molecule has 0 aliphatic rings. The zero-order valence-corrected chi connectivity index (χ0v) is 15.9. The monoisotopic (exact) mass is 409 g/mol. The molecule has 0 saturated heterocycles. The molecule has 4 rings (SSSR count). The number of aromatic nitrogens is 1. The summed E-state index contributed by atoms with van der Waals surface area (Å²) in [6.07, 6.45) is 0. The minimum Gasteiger partial charge on any atom is -0.477 e. The van der Waals surface area contributed by atoms with Gasteiger partial charge in [0.2, 0.25) is 0 Å². The molecule has 1 heterocycles. The molecule has 1 aromatic heterocycles. The van der Waals surface area contributed by atoms with E-state index in [2.05, 4.69) is 0 Å². The maximum absolute atomic E-state index is 13.3. The van der Waals surface area contributed by atoms with Gasteiger partial charge >= 0.3 is 5.97 Å². The SMILES string of the molecule is O=C(O)c1c(-c2ccccc2)c2cc(Cl)ccc2c(=O)n1-c1ccc(Cl)cc1. The molecule has 6 heteroatoms. The van der Waals surface area contributed by atoms with Crippen molar-refractivity contribution in [3.63, 3.8) is 0 Å². The van der Waals surface area contributed by atoms with Crippen molar-refractivity contribution in [3.8, 4) is 16.8 Å². The van der Waals surface area contributed by atoms with Crippen molar-refractivity contribution >= 4 is 39.9 Å². The number of nitrogens with zero attached hydrogens (tertiary/aromatic N) is 1. The van der Waals surface area contributed by atoms with Crippen LogP contribution in [0.25, 0.3) is 27.6 Å². The van der Waals surface area contributed by atoms with Gasteiger partial charge in [-0.25, -0.2) is 4.79 Å².